The standard InChI is InChI=1S/C22H25N7O/c1-5-29(6-2)18-12-13-19(27-28-22-24-15(3)23-16(4)25-22)20(14-18)26-21(30)17-10-8-7-9-11-17/h7-14H,5-6H2,1-4H3,(H,26,30). The Morgan fingerprint density at radius 2 is 1.60 bits per heavy atom. The van der Waals surface area contributed by atoms with E-state index in [1.807, 2.05) is 36.4 Å². The molecule has 1 aromatic heterocycles. The quantitative estimate of drug-likeness (QED) is 0.560. The zero-order valence-corrected chi connectivity index (χ0v) is 17.6. The molecule has 0 spiro atoms. The van der Waals surface area contributed by atoms with Crippen molar-refractivity contribution in [2.45, 2.75) is 27.7 Å². The summed E-state index contributed by atoms with van der Waals surface area (Å²) in [5.41, 5.74) is 2.65. The zero-order chi connectivity index (χ0) is 21.5. The number of carbonyl (C=O) groups is 1. The summed E-state index contributed by atoms with van der Waals surface area (Å²) in [5.74, 6) is 1.17. The smallest absolute Gasteiger partial charge is 0.272 e. The Hall–Kier alpha value is -3.68. The number of aryl methyl sites for hydroxylation is 2. The molecule has 1 amide bonds. The van der Waals surface area contributed by atoms with E-state index in [1.165, 1.54) is 0 Å². The summed E-state index contributed by atoms with van der Waals surface area (Å²) in [5, 5.41) is 11.4. The second-order valence-electron chi connectivity index (χ2n) is 6.62. The lowest BCUT2D eigenvalue weighted by Crippen LogP contribution is -2.22. The number of carbonyl (C=O) groups excluding carboxylic acids is 1. The van der Waals surface area contributed by atoms with E-state index in [0.717, 1.165) is 18.8 Å². The van der Waals surface area contributed by atoms with Gasteiger partial charge in [0.15, 0.2) is 0 Å². The molecule has 1 heterocycles. The molecule has 1 N–H and O–H groups in total. The van der Waals surface area contributed by atoms with Crippen molar-refractivity contribution in [2.24, 2.45) is 10.2 Å². The molecular weight excluding hydrogens is 378 g/mol. The van der Waals surface area contributed by atoms with E-state index in [1.54, 1.807) is 26.0 Å². The summed E-state index contributed by atoms with van der Waals surface area (Å²) in [6.45, 7) is 9.44. The van der Waals surface area contributed by atoms with Gasteiger partial charge < -0.3 is 10.2 Å². The molecule has 3 aromatic rings. The summed E-state index contributed by atoms with van der Waals surface area (Å²) in [4.78, 5) is 27.4. The van der Waals surface area contributed by atoms with Crippen LogP contribution in [0.1, 0.15) is 35.9 Å². The Balaban J connectivity index is 1.96. The number of hydrogen-bond donors (Lipinski definition) is 1. The first kappa shape index (κ1) is 21.0. The molecule has 0 radical (unpaired) electrons. The minimum absolute atomic E-state index is 0.212. The van der Waals surface area contributed by atoms with Gasteiger partial charge in [-0.25, -0.2) is 4.98 Å². The van der Waals surface area contributed by atoms with Crippen molar-refractivity contribution in [3.63, 3.8) is 0 Å². The molecule has 3 rings (SSSR count). The van der Waals surface area contributed by atoms with Gasteiger partial charge in [-0.15, -0.1) is 10.2 Å². The summed E-state index contributed by atoms with van der Waals surface area (Å²) in [6.07, 6.45) is 0. The number of benzene rings is 2. The van der Waals surface area contributed by atoms with Gasteiger partial charge in [-0.3, -0.25) is 4.79 Å². The monoisotopic (exact) mass is 403 g/mol. The molecule has 0 atom stereocenters. The first-order valence-corrected chi connectivity index (χ1v) is 9.86. The summed E-state index contributed by atoms with van der Waals surface area (Å²) < 4.78 is 0. The van der Waals surface area contributed by atoms with Gasteiger partial charge in [0.05, 0.1) is 5.69 Å². The van der Waals surface area contributed by atoms with Crippen LogP contribution in [0.3, 0.4) is 0 Å². The minimum atomic E-state index is -0.212. The molecule has 0 fully saturated rings. The molecule has 30 heavy (non-hydrogen) atoms. The fourth-order valence-electron chi connectivity index (χ4n) is 3.02. The topological polar surface area (TPSA) is 95.7 Å². The molecule has 0 saturated carbocycles. The third kappa shape index (κ3) is 5.22. The van der Waals surface area contributed by atoms with E-state index >= 15 is 0 Å². The normalized spacial score (nSPS) is 10.9. The Bertz CT molecular complexity index is 1030. The lowest BCUT2D eigenvalue weighted by molar-refractivity contribution is 0.102. The molecule has 154 valence electrons. The number of amides is 1. The Morgan fingerprint density at radius 1 is 0.933 bits per heavy atom. The number of azo groups is 1. The van der Waals surface area contributed by atoms with Crippen LogP contribution < -0.4 is 10.2 Å². The second-order valence-corrected chi connectivity index (χ2v) is 6.62. The SMILES string of the molecule is CCN(CC)c1ccc(N=Nc2nc(C)nc(C)n2)c(NC(=O)c2ccccc2)c1. The average molecular weight is 403 g/mol. The first-order valence-electron chi connectivity index (χ1n) is 9.86. The van der Waals surface area contributed by atoms with Gasteiger partial charge in [0.1, 0.15) is 17.3 Å². The van der Waals surface area contributed by atoms with Gasteiger partial charge in [0.2, 0.25) is 0 Å². The number of aromatic nitrogens is 3. The van der Waals surface area contributed by atoms with Crippen molar-refractivity contribution in [3.8, 4) is 0 Å². The third-order valence-corrected chi connectivity index (χ3v) is 4.49. The Morgan fingerprint density at radius 3 is 2.23 bits per heavy atom. The lowest BCUT2D eigenvalue weighted by atomic mass is 10.2. The fraction of sp³-hybridized carbons (Fsp3) is 0.273. The molecule has 8 nitrogen and oxygen atoms in total. The minimum Gasteiger partial charge on any atom is -0.372 e. The van der Waals surface area contributed by atoms with Crippen LogP contribution in [0.5, 0.6) is 0 Å². The zero-order valence-electron chi connectivity index (χ0n) is 17.6. The van der Waals surface area contributed by atoms with Crippen molar-refractivity contribution in [2.75, 3.05) is 23.3 Å². The largest absolute Gasteiger partial charge is 0.372 e. The van der Waals surface area contributed by atoms with Crippen molar-refractivity contribution in [3.05, 3.63) is 65.7 Å². The number of anilines is 2. The maximum Gasteiger partial charge on any atom is 0.272 e. The molecule has 8 heteroatoms. The van der Waals surface area contributed by atoms with Gasteiger partial charge in [0.25, 0.3) is 11.9 Å². The van der Waals surface area contributed by atoms with E-state index in [2.05, 4.69) is 49.2 Å². The first-order chi connectivity index (χ1) is 14.5. The van der Waals surface area contributed by atoms with E-state index in [9.17, 15) is 4.79 Å². The molecule has 0 unspecified atom stereocenters. The van der Waals surface area contributed by atoms with E-state index in [4.69, 9.17) is 0 Å². The lowest BCUT2D eigenvalue weighted by Gasteiger charge is -2.22. The number of nitrogens with zero attached hydrogens (tertiary/aromatic N) is 6. The van der Waals surface area contributed by atoms with Crippen molar-refractivity contribution < 1.29 is 4.79 Å². The van der Waals surface area contributed by atoms with Crippen LogP contribution in [0, 0.1) is 13.8 Å². The van der Waals surface area contributed by atoms with Gasteiger partial charge >= 0.3 is 0 Å². The van der Waals surface area contributed by atoms with E-state index < -0.39 is 0 Å². The fourth-order valence-corrected chi connectivity index (χ4v) is 3.02. The number of rotatable bonds is 7. The summed E-state index contributed by atoms with van der Waals surface area (Å²) >= 11 is 0. The molecule has 0 saturated heterocycles. The van der Waals surface area contributed by atoms with Crippen LogP contribution in [0.15, 0.2) is 58.8 Å². The maximum atomic E-state index is 12.7. The van der Waals surface area contributed by atoms with Gasteiger partial charge in [-0.1, -0.05) is 18.2 Å². The predicted molar refractivity (Wildman–Crippen MR) is 118 cm³/mol. The average Bonchev–Trinajstić information content (AvgIpc) is 2.74. The van der Waals surface area contributed by atoms with Crippen molar-refractivity contribution >= 4 is 28.9 Å². The summed E-state index contributed by atoms with van der Waals surface area (Å²) in [7, 11) is 0. The second kappa shape index (κ2) is 9.69. The van der Waals surface area contributed by atoms with Gasteiger partial charge in [0, 0.05) is 24.3 Å². The van der Waals surface area contributed by atoms with Crippen LogP contribution >= 0.6 is 0 Å². The maximum absolute atomic E-state index is 12.7. The Labute approximate surface area is 176 Å². The number of hydrogen-bond acceptors (Lipinski definition) is 7. The van der Waals surface area contributed by atoms with Gasteiger partial charge in [-0.2, -0.15) is 9.97 Å². The predicted octanol–water partition coefficient (Wildman–Crippen LogP) is 5.00. The van der Waals surface area contributed by atoms with Crippen LogP contribution in [0.2, 0.25) is 0 Å². The highest BCUT2D eigenvalue weighted by Crippen LogP contribution is 2.31. The highest BCUT2D eigenvalue weighted by atomic mass is 16.1. The highest BCUT2D eigenvalue weighted by molar-refractivity contribution is 6.06. The van der Waals surface area contributed by atoms with Crippen LogP contribution in [-0.4, -0.2) is 33.9 Å². The molecule has 0 aliphatic rings. The highest BCUT2D eigenvalue weighted by Gasteiger charge is 2.12. The summed E-state index contributed by atoms with van der Waals surface area (Å²) in [6, 6.07) is 14.8. The molecule has 2 aromatic carbocycles. The molecular formula is C22H25N7O. The number of nitrogens with one attached hydrogen (secondary N) is 1. The van der Waals surface area contributed by atoms with E-state index in [-0.39, 0.29) is 11.9 Å². The van der Waals surface area contributed by atoms with Crippen molar-refractivity contribution in [1.29, 1.82) is 0 Å². The van der Waals surface area contributed by atoms with E-state index in [0.29, 0.717) is 28.6 Å². The van der Waals surface area contributed by atoms with Crippen molar-refractivity contribution in [1.82, 2.24) is 15.0 Å². The van der Waals surface area contributed by atoms with Crippen LogP contribution in [-0.2, 0) is 0 Å². The van der Waals surface area contributed by atoms with Crippen LogP contribution in [0.25, 0.3) is 0 Å². The van der Waals surface area contributed by atoms with Gasteiger partial charge in [-0.05, 0) is 58.0 Å². The van der Waals surface area contributed by atoms with Crippen LogP contribution in [0.4, 0.5) is 23.0 Å². The molecule has 0 bridgehead atoms. The third-order valence-electron chi connectivity index (χ3n) is 4.49. The Kier molecular flexibility index (Phi) is 6.79. The molecule has 0 aliphatic heterocycles. The molecule has 0 aliphatic carbocycles.